The molecular weight excluding hydrogens is 552 g/mol. The molecule has 214 valence electrons. The molecule has 1 aliphatic heterocycles. The molecule has 1 aliphatic carbocycles. The van der Waals surface area contributed by atoms with Gasteiger partial charge in [0.05, 0.1) is 23.7 Å². The number of sulfonamides is 1. The zero-order chi connectivity index (χ0) is 28.3. The summed E-state index contributed by atoms with van der Waals surface area (Å²) in [7, 11) is -1.64. The van der Waals surface area contributed by atoms with Gasteiger partial charge in [0.1, 0.15) is 27.5 Å². The zero-order valence-electron chi connectivity index (χ0n) is 22.9. The first kappa shape index (κ1) is 28.4. The SMILES string of the molecule is CC(C)Oc1cc(O[C@H]2CCN(C)C2)ccc1Nc1ncc(Cl)c(Nc2ccccc2S(=O)(=O)NC2CCC2)n1. The molecule has 2 fully saturated rings. The van der Waals surface area contributed by atoms with Crippen LogP contribution in [-0.2, 0) is 10.0 Å². The van der Waals surface area contributed by atoms with E-state index in [1.165, 1.54) is 6.20 Å². The number of likely N-dealkylation sites (tertiary alicyclic amines) is 1. The minimum Gasteiger partial charge on any atom is -0.489 e. The van der Waals surface area contributed by atoms with Crippen LogP contribution in [0.2, 0.25) is 5.02 Å². The van der Waals surface area contributed by atoms with Crippen molar-refractivity contribution in [1.29, 1.82) is 0 Å². The lowest BCUT2D eigenvalue weighted by atomic mass is 9.94. The van der Waals surface area contributed by atoms with E-state index in [-0.39, 0.29) is 39.9 Å². The molecule has 1 aromatic heterocycles. The van der Waals surface area contributed by atoms with Gasteiger partial charge in [-0.1, -0.05) is 30.2 Å². The van der Waals surface area contributed by atoms with Gasteiger partial charge in [0, 0.05) is 25.2 Å². The Labute approximate surface area is 240 Å². The summed E-state index contributed by atoms with van der Waals surface area (Å²) in [6.07, 6.45) is 5.22. The standard InChI is InChI=1S/C28H35ClN6O4S/c1-18(2)38-25-15-20(39-21-13-14-35(3)17-21)11-12-23(25)32-28-30-16-22(29)27(33-28)31-24-9-4-5-10-26(24)40(36,37)34-19-7-6-8-19/h4-5,9-12,15-16,18-19,21,34H,6-8,13-14,17H2,1-3H3,(H2,30,31,32,33)/t21-/m0/s1. The third kappa shape index (κ3) is 6.95. The topological polar surface area (TPSA) is 118 Å². The Morgan fingerprint density at radius 1 is 1.07 bits per heavy atom. The summed E-state index contributed by atoms with van der Waals surface area (Å²) in [6.45, 7) is 5.80. The second-order valence-electron chi connectivity index (χ2n) is 10.5. The molecule has 2 aromatic carbocycles. The molecule has 10 nitrogen and oxygen atoms in total. The number of hydrogen-bond donors (Lipinski definition) is 3. The monoisotopic (exact) mass is 586 g/mol. The molecule has 2 aliphatic rings. The van der Waals surface area contributed by atoms with Crippen LogP contribution in [0, 0.1) is 0 Å². The van der Waals surface area contributed by atoms with Crippen LogP contribution in [0.25, 0.3) is 0 Å². The van der Waals surface area contributed by atoms with Gasteiger partial charge >= 0.3 is 0 Å². The van der Waals surface area contributed by atoms with Crippen molar-refractivity contribution in [3.8, 4) is 11.5 Å². The predicted molar refractivity (Wildman–Crippen MR) is 157 cm³/mol. The first-order valence-corrected chi connectivity index (χ1v) is 15.4. The molecule has 5 rings (SSSR count). The third-order valence-corrected chi connectivity index (χ3v) is 8.67. The fourth-order valence-electron chi connectivity index (χ4n) is 4.59. The number of hydrogen-bond acceptors (Lipinski definition) is 9. The van der Waals surface area contributed by atoms with Crippen molar-refractivity contribution in [1.82, 2.24) is 19.6 Å². The van der Waals surface area contributed by atoms with E-state index in [0.717, 1.165) is 44.5 Å². The summed E-state index contributed by atoms with van der Waals surface area (Å²) in [4.78, 5) is 11.2. The van der Waals surface area contributed by atoms with Crippen LogP contribution in [0.1, 0.15) is 39.5 Å². The normalized spacial score (nSPS) is 18.0. The Balaban J connectivity index is 1.36. The molecule has 40 heavy (non-hydrogen) atoms. The smallest absolute Gasteiger partial charge is 0.242 e. The van der Waals surface area contributed by atoms with Crippen LogP contribution in [0.5, 0.6) is 11.5 Å². The zero-order valence-corrected chi connectivity index (χ0v) is 24.4. The van der Waals surface area contributed by atoms with Crippen LogP contribution in [-0.4, -0.2) is 61.7 Å². The summed E-state index contributed by atoms with van der Waals surface area (Å²) < 4.78 is 41.1. The van der Waals surface area contributed by atoms with E-state index < -0.39 is 10.0 Å². The molecule has 0 bridgehead atoms. The molecule has 0 radical (unpaired) electrons. The van der Waals surface area contributed by atoms with Gasteiger partial charge in [-0.15, -0.1) is 0 Å². The molecule has 2 heterocycles. The van der Waals surface area contributed by atoms with Crippen LogP contribution < -0.4 is 24.8 Å². The maximum Gasteiger partial charge on any atom is 0.242 e. The second-order valence-corrected chi connectivity index (χ2v) is 12.6. The summed E-state index contributed by atoms with van der Waals surface area (Å²) in [5, 5.41) is 6.53. The number of nitrogens with zero attached hydrogens (tertiary/aromatic N) is 3. The Hall–Kier alpha value is -3.12. The van der Waals surface area contributed by atoms with Gasteiger partial charge < -0.3 is 25.0 Å². The number of para-hydroxylation sites is 1. The molecule has 12 heteroatoms. The fraction of sp³-hybridized carbons (Fsp3) is 0.429. The highest BCUT2D eigenvalue weighted by molar-refractivity contribution is 7.89. The van der Waals surface area contributed by atoms with Gasteiger partial charge in [-0.25, -0.2) is 18.1 Å². The maximum atomic E-state index is 13.1. The lowest BCUT2D eigenvalue weighted by Crippen LogP contribution is -2.39. The van der Waals surface area contributed by atoms with Crippen molar-refractivity contribution in [2.45, 2.75) is 62.7 Å². The fourth-order valence-corrected chi connectivity index (χ4v) is 6.20. The van der Waals surface area contributed by atoms with Crippen LogP contribution in [0.3, 0.4) is 0 Å². The molecule has 0 unspecified atom stereocenters. The highest BCUT2D eigenvalue weighted by Gasteiger charge is 2.27. The van der Waals surface area contributed by atoms with Crippen LogP contribution in [0.4, 0.5) is 23.1 Å². The molecule has 0 spiro atoms. The van der Waals surface area contributed by atoms with Gasteiger partial charge in [0.15, 0.2) is 5.82 Å². The highest BCUT2D eigenvalue weighted by atomic mass is 35.5. The van der Waals surface area contributed by atoms with Gasteiger partial charge in [-0.05, 0) is 64.4 Å². The molecule has 1 atom stereocenters. The number of rotatable bonds is 11. The molecular formula is C28H35ClN6O4S. The lowest BCUT2D eigenvalue weighted by molar-refractivity contribution is 0.204. The second kappa shape index (κ2) is 12.2. The highest BCUT2D eigenvalue weighted by Crippen LogP contribution is 2.34. The van der Waals surface area contributed by atoms with E-state index >= 15 is 0 Å². The summed E-state index contributed by atoms with van der Waals surface area (Å²) in [5.74, 6) is 1.86. The van der Waals surface area contributed by atoms with E-state index in [0.29, 0.717) is 17.1 Å². The Bertz CT molecular complexity index is 1450. The summed E-state index contributed by atoms with van der Waals surface area (Å²) in [6, 6.07) is 12.3. The molecule has 1 saturated heterocycles. The van der Waals surface area contributed by atoms with Gasteiger partial charge in [0.2, 0.25) is 16.0 Å². The first-order valence-electron chi connectivity index (χ1n) is 13.5. The van der Waals surface area contributed by atoms with Gasteiger partial charge in [-0.3, -0.25) is 0 Å². The number of likely N-dealkylation sites (N-methyl/N-ethyl adjacent to an activating group) is 1. The quantitative estimate of drug-likeness (QED) is 0.274. The minimum absolute atomic E-state index is 0.0324. The Morgan fingerprint density at radius 3 is 2.58 bits per heavy atom. The van der Waals surface area contributed by atoms with Crippen molar-refractivity contribution < 1.29 is 17.9 Å². The van der Waals surface area contributed by atoms with Gasteiger partial charge in [-0.2, -0.15) is 4.98 Å². The summed E-state index contributed by atoms with van der Waals surface area (Å²) in [5.41, 5.74) is 1.02. The van der Waals surface area contributed by atoms with Crippen molar-refractivity contribution >= 4 is 44.8 Å². The van der Waals surface area contributed by atoms with Crippen LogP contribution in [0.15, 0.2) is 53.6 Å². The Morgan fingerprint density at radius 2 is 1.88 bits per heavy atom. The van der Waals surface area contributed by atoms with E-state index in [1.807, 2.05) is 32.0 Å². The van der Waals surface area contributed by atoms with E-state index in [4.69, 9.17) is 21.1 Å². The molecule has 1 saturated carbocycles. The number of halogens is 1. The van der Waals surface area contributed by atoms with Gasteiger partial charge in [0.25, 0.3) is 0 Å². The van der Waals surface area contributed by atoms with Crippen molar-refractivity contribution in [2.24, 2.45) is 0 Å². The van der Waals surface area contributed by atoms with Crippen molar-refractivity contribution in [3.05, 3.63) is 53.7 Å². The minimum atomic E-state index is -3.72. The third-order valence-electron chi connectivity index (χ3n) is 6.81. The van der Waals surface area contributed by atoms with Crippen molar-refractivity contribution in [3.63, 3.8) is 0 Å². The van der Waals surface area contributed by atoms with E-state index in [9.17, 15) is 8.42 Å². The summed E-state index contributed by atoms with van der Waals surface area (Å²) >= 11 is 6.42. The number of benzene rings is 2. The molecule has 3 N–H and O–H groups in total. The van der Waals surface area contributed by atoms with E-state index in [1.54, 1.807) is 24.3 Å². The first-order chi connectivity index (χ1) is 19.2. The molecule has 3 aromatic rings. The number of anilines is 4. The average Bonchev–Trinajstić information content (AvgIpc) is 3.29. The van der Waals surface area contributed by atoms with Crippen LogP contribution >= 0.6 is 11.6 Å². The van der Waals surface area contributed by atoms with Crippen molar-refractivity contribution in [2.75, 3.05) is 30.8 Å². The largest absolute Gasteiger partial charge is 0.489 e. The van der Waals surface area contributed by atoms with E-state index in [2.05, 4.69) is 37.3 Å². The molecule has 0 amide bonds. The average molecular weight is 587 g/mol. The number of ether oxygens (including phenoxy) is 2. The lowest BCUT2D eigenvalue weighted by Gasteiger charge is -2.26. The number of nitrogens with one attached hydrogen (secondary N) is 3. The maximum absolute atomic E-state index is 13.1. The number of aromatic nitrogens is 2. The Kier molecular flexibility index (Phi) is 8.65. The predicted octanol–water partition coefficient (Wildman–Crippen LogP) is 5.32.